The molecule has 7 nitrogen and oxygen atoms in total. The zero-order valence-corrected chi connectivity index (χ0v) is 24.2. The molecule has 1 aliphatic heterocycles. The van der Waals surface area contributed by atoms with Crippen LogP contribution in [0.4, 0.5) is 0 Å². The maximum Gasteiger partial charge on any atom is 0.306 e. The van der Waals surface area contributed by atoms with E-state index in [9.17, 15) is 19.5 Å². The number of ether oxygens (including phenoxy) is 1. The molecule has 2 fully saturated rings. The van der Waals surface area contributed by atoms with Crippen molar-refractivity contribution in [2.75, 3.05) is 26.0 Å². The molecule has 1 N–H and O–H groups in total. The first-order chi connectivity index (χ1) is 18.7. The first-order valence-corrected chi connectivity index (χ1v) is 15.0. The van der Waals surface area contributed by atoms with E-state index in [-0.39, 0.29) is 23.8 Å². The van der Waals surface area contributed by atoms with Gasteiger partial charge < -0.3 is 9.84 Å². The van der Waals surface area contributed by atoms with E-state index in [1.165, 1.54) is 10.5 Å². The highest BCUT2D eigenvalue weighted by molar-refractivity contribution is 7.99. The highest BCUT2D eigenvalue weighted by atomic mass is 35.5. The number of aliphatic carboxylic acids is 1. The Morgan fingerprint density at radius 1 is 1.10 bits per heavy atom. The van der Waals surface area contributed by atoms with Gasteiger partial charge in [0.05, 0.1) is 13.0 Å². The molecule has 1 aliphatic carbocycles. The number of carbonyl (C=O) groups excluding carboxylic acids is 2. The molecule has 210 valence electrons. The van der Waals surface area contributed by atoms with Crippen LogP contribution in [0.25, 0.3) is 0 Å². The summed E-state index contributed by atoms with van der Waals surface area (Å²) in [6.45, 7) is 4.21. The van der Waals surface area contributed by atoms with Gasteiger partial charge in [-0.2, -0.15) is 0 Å². The Kier molecular flexibility index (Phi) is 10.3. The lowest BCUT2D eigenvalue weighted by Gasteiger charge is -2.35. The number of carbonyl (C=O) groups is 3. The minimum absolute atomic E-state index is 0.0886. The quantitative estimate of drug-likeness (QED) is 0.245. The highest BCUT2D eigenvalue weighted by Crippen LogP contribution is 2.35. The van der Waals surface area contributed by atoms with E-state index in [1.807, 2.05) is 12.1 Å². The largest absolute Gasteiger partial charge is 0.496 e. The molecule has 0 unspecified atom stereocenters. The van der Waals surface area contributed by atoms with Crippen LogP contribution in [0.15, 0.2) is 47.4 Å². The molecule has 2 aromatic rings. The standard InChI is InChI=1S/C30H37ClN2O5S/c1-20(23-8-10-25(31)11-9-23)32(18-21-3-6-24(7-4-21)30(36)37)19-22-5-12-27(26(17-22)38-2)39-16-15-33-28(34)13-14-29(33)35/h5,8-12,17,20-21,24H,3-4,6-7,13-16,18-19H2,1-2H3,(H,36,37)/t20-,21?,24?/m0/s1. The highest BCUT2D eigenvalue weighted by Gasteiger charge is 2.29. The van der Waals surface area contributed by atoms with Gasteiger partial charge in [0.25, 0.3) is 0 Å². The first kappa shape index (κ1) is 29.4. The Balaban J connectivity index is 1.45. The molecule has 0 bridgehead atoms. The Morgan fingerprint density at radius 3 is 2.38 bits per heavy atom. The summed E-state index contributed by atoms with van der Waals surface area (Å²) in [5, 5.41) is 10.1. The summed E-state index contributed by atoms with van der Waals surface area (Å²) in [5.74, 6) is 0.763. The molecule has 0 radical (unpaired) electrons. The summed E-state index contributed by atoms with van der Waals surface area (Å²) < 4.78 is 5.72. The second-order valence-corrected chi connectivity index (χ2v) is 12.1. The number of halogens is 1. The van der Waals surface area contributed by atoms with Gasteiger partial charge in [0.1, 0.15) is 5.75 Å². The van der Waals surface area contributed by atoms with Crippen LogP contribution < -0.4 is 4.74 Å². The third-order valence-corrected chi connectivity index (χ3v) is 9.22. The normalized spacial score (nSPS) is 20.5. The van der Waals surface area contributed by atoms with Crippen LogP contribution in [0.5, 0.6) is 5.75 Å². The van der Waals surface area contributed by atoms with Gasteiger partial charge in [0, 0.05) is 54.2 Å². The van der Waals surface area contributed by atoms with Gasteiger partial charge in [-0.05, 0) is 73.9 Å². The van der Waals surface area contributed by atoms with E-state index in [0.717, 1.165) is 55.0 Å². The molecular weight excluding hydrogens is 536 g/mol. The molecule has 1 heterocycles. The summed E-state index contributed by atoms with van der Waals surface area (Å²) in [5.41, 5.74) is 2.31. The van der Waals surface area contributed by atoms with Gasteiger partial charge in [-0.15, -0.1) is 11.8 Å². The number of methoxy groups -OCH3 is 1. The monoisotopic (exact) mass is 572 g/mol. The molecule has 39 heavy (non-hydrogen) atoms. The summed E-state index contributed by atoms with van der Waals surface area (Å²) in [4.78, 5) is 40.0. The number of thioether (sulfide) groups is 1. The van der Waals surface area contributed by atoms with Crippen LogP contribution in [0, 0.1) is 11.8 Å². The lowest BCUT2D eigenvalue weighted by atomic mass is 9.81. The number of benzene rings is 2. The summed E-state index contributed by atoms with van der Waals surface area (Å²) in [6, 6.07) is 14.3. The number of amides is 2. The summed E-state index contributed by atoms with van der Waals surface area (Å²) in [7, 11) is 1.66. The molecule has 1 saturated heterocycles. The minimum Gasteiger partial charge on any atom is -0.496 e. The van der Waals surface area contributed by atoms with E-state index < -0.39 is 5.97 Å². The van der Waals surface area contributed by atoms with Gasteiger partial charge in [-0.1, -0.05) is 29.8 Å². The van der Waals surface area contributed by atoms with Crippen molar-refractivity contribution in [3.8, 4) is 5.75 Å². The van der Waals surface area contributed by atoms with E-state index in [0.29, 0.717) is 36.1 Å². The van der Waals surface area contributed by atoms with Gasteiger partial charge >= 0.3 is 5.97 Å². The van der Waals surface area contributed by atoms with Crippen LogP contribution in [0.1, 0.15) is 62.6 Å². The molecule has 0 spiro atoms. The van der Waals surface area contributed by atoms with E-state index in [1.54, 1.807) is 18.9 Å². The van der Waals surface area contributed by atoms with Crippen molar-refractivity contribution in [1.29, 1.82) is 0 Å². The van der Waals surface area contributed by atoms with E-state index >= 15 is 0 Å². The van der Waals surface area contributed by atoms with Gasteiger partial charge in [-0.25, -0.2) is 0 Å². The molecule has 4 rings (SSSR count). The molecule has 9 heteroatoms. The van der Waals surface area contributed by atoms with Gasteiger partial charge in [0.15, 0.2) is 0 Å². The smallest absolute Gasteiger partial charge is 0.306 e. The Bertz CT molecular complexity index is 1150. The lowest BCUT2D eigenvalue weighted by Crippen LogP contribution is -2.34. The number of carboxylic acid groups (broad SMARTS) is 1. The predicted molar refractivity (Wildman–Crippen MR) is 153 cm³/mol. The third-order valence-electron chi connectivity index (χ3n) is 7.93. The van der Waals surface area contributed by atoms with Crippen molar-refractivity contribution in [2.45, 2.75) is 62.9 Å². The lowest BCUT2D eigenvalue weighted by molar-refractivity contribution is -0.143. The summed E-state index contributed by atoms with van der Waals surface area (Å²) >= 11 is 7.72. The minimum atomic E-state index is -0.677. The van der Waals surface area contributed by atoms with E-state index in [2.05, 4.69) is 42.2 Å². The fraction of sp³-hybridized carbons (Fsp3) is 0.500. The number of nitrogens with zero attached hydrogens (tertiary/aromatic N) is 2. The molecule has 0 aromatic heterocycles. The van der Waals surface area contributed by atoms with Gasteiger partial charge in [-0.3, -0.25) is 24.2 Å². The summed E-state index contributed by atoms with van der Waals surface area (Å²) in [6.07, 6.45) is 3.93. The molecular formula is C30H37ClN2O5S. The fourth-order valence-electron chi connectivity index (χ4n) is 5.52. The van der Waals surface area contributed by atoms with Crippen LogP contribution in [0.3, 0.4) is 0 Å². The number of hydrogen-bond acceptors (Lipinski definition) is 6. The third kappa shape index (κ3) is 7.77. The molecule has 1 saturated carbocycles. The van der Waals surface area contributed by atoms with Crippen LogP contribution in [0.2, 0.25) is 5.02 Å². The van der Waals surface area contributed by atoms with E-state index in [4.69, 9.17) is 16.3 Å². The number of imide groups is 1. The van der Waals surface area contributed by atoms with Crippen molar-refractivity contribution in [3.63, 3.8) is 0 Å². The topological polar surface area (TPSA) is 87.2 Å². The van der Waals surface area contributed by atoms with Crippen molar-refractivity contribution in [3.05, 3.63) is 58.6 Å². The fourth-order valence-corrected chi connectivity index (χ4v) is 6.59. The first-order valence-electron chi connectivity index (χ1n) is 13.6. The average molecular weight is 573 g/mol. The zero-order chi connectivity index (χ0) is 27.9. The van der Waals surface area contributed by atoms with Gasteiger partial charge in [0.2, 0.25) is 11.8 Å². The van der Waals surface area contributed by atoms with Crippen LogP contribution in [-0.2, 0) is 20.9 Å². The second-order valence-electron chi connectivity index (χ2n) is 10.5. The Hall–Kier alpha value is -2.55. The van der Waals surface area contributed by atoms with Crippen molar-refractivity contribution in [2.24, 2.45) is 11.8 Å². The van der Waals surface area contributed by atoms with Crippen molar-refractivity contribution in [1.82, 2.24) is 9.80 Å². The number of rotatable bonds is 12. The predicted octanol–water partition coefficient (Wildman–Crippen LogP) is 6.04. The second kappa shape index (κ2) is 13.7. The Labute approximate surface area is 239 Å². The molecule has 2 aliphatic rings. The Morgan fingerprint density at radius 2 is 1.77 bits per heavy atom. The number of likely N-dealkylation sites (tertiary alicyclic amines) is 1. The average Bonchev–Trinajstić information content (AvgIpc) is 3.26. The van der Waals surface area contributed by atoms with Crippen molar-refractivity contribution >= 4 is 41.1 Å². The van der Waals surface area contributed by atoms with Crippen molar-refractivity contribution < 1.29 is 24.2 Å². The molecule has 2 amide bonds. The SMILES string of the molecule is COc1cc(CN(CC2CCC(C(=O)O)CC2)[C@@H](C)c2ccc(Cl)cc2)ccc1SCCN1C(=O)CCC1=O. The maximum absolute atomic E-state index is 11.9. The molecule has 1 atom stereocenters. The number of carboxylic acids is 1. The molecule has 2 aromatic carbocycles. The maximum atomic E-state index is 11.9. The van der Waals surface area contributed by atoms with Crippen LogP contribution in [-0.4, -0.2) is 58.6 Å². The number of hydrogen-bond donors (Lipinski definition) is 1. The zero-order valence-electron chi connectivity index (χ0n) is 22.6. The van der Waals surface area contributed by atoms with Crippen LogP contribution >= 0.6 is 23.4 Å².